The van der Waals surface area contributed by atoms with Gasteiger partial charge >= 0.3 is 5.97 Å². The molecule has 0 aromatic heterocycles. The van der Waals surface area contributed by atoms with Gasteiger partial charge in [-0.05, 0) is 12.5 Å². The molecule has 2 nitrogen and oxygen atoms in total. The molecule has 0 atom stereocenters. The Morgan fingerprint density at radius 1 is 1.78 bits per heavy atom. The van der Waals surface area contributed by atoms with Crippen molar-refractivity contribution in [2.45, 2.75) is 6.92 Å². The van der Waals surface area contributed by atoms with E-state index in [2.05, 4.69) is 15.9 Å². The van der Waals surface area contributed by atoms with Crippen molar-refractivity contribution in [3.05, 3.63) is 22.4 Å². The lowest BCUT2D eigenvalue weighted by atomic mass is 10.3. The summed E-state index contributed by atoms with van der Waals surface area (Å²) in [6.45, 7) is 1.82. The highest BCUT2D eigenvalue weighted by Crippen LogP contribution is 2.19. The van der Waals surface area contributed by atoms with E-state index in [-0.39, 0.29) is 5.97 Å². The Hall–Kier alpha value is -0.570. The van der Waals surface area contributed by atoms with Crippen molar-refractivity contribution in [2.24, 2.45) is 0 Å². The second-order valence-electron chi connectivity index (χ2n) is 1.72. The molecular formula is C6H5BrO2. The Kier molecular flexibility index (Phi) is 1.71. The first kappa shape index (κ1) is 6.55. The highest BCUT2D eigenvalue weighted by Gasteiger charge is 2.14. The predicted octanol–water partition coefficient (Wildman–Crippen LogP) is 1.73. The van der Waals surface area contributed by atoms with Gasteiger partial charge in [-0.3, -0.25) is 0 Å². The standard InChI is InChI=1S/C6H5BrO2/c1-4-2-6(8)9-5(4)3-7/h2-3H,1H3/b5-3-. The minimum Gasteiger partial charge on any atom is -0.423 e. The van der Waals surface area contributed by atoms with Gasteiger partial charge in [-0.2, -0.15) is 0 Å². The molecule has 1 heterocycles. The molecule has 0 unspecified atom stereocenters. The van der Waals surface area contributed by atoms with Crippen LogP contribution in [0.15, 0.2) is 22.4 Å². The summed E-state index contributed by atoms with van der Waals surface area (Å²) < 4.78 is 4.71. The number of halogens is 1. The van der Waals surface area contributed by atoms with Crippen molar-refractivity contribution in [3.8, 4) is 0 Å². The number of cyclic esters (lactones) is 1. The van der Waals surface area contributed by atoms with E-state index in [1.165, 1.54) is 6.08 Å². The number of carbonyl (C=O) groups is 1. The molecule has 1 aliphatic rings. The van der Waals surface area contributed by atoms with Gasteiger partial charge in [0, 0.05) is 11.1 Å². The minimum atomic E-state index is -0.293. The maximum absolute atomic E-state index is 10.5. The number of allylic oxidation sites excluding steroid dienone is 1. The SMILES string of the molecule is CC1=CC(=O)O/C1=C\Br. The molecule has 0 aromatic carbocycles. The summed E-state index contributed by atoms with van der Waals surface area (Å²) in [5.74, 6) is 0.304. The third-order valence-corrected chi connectivity index (χ3v) is 1.45. The predicted molar refractivity (Wildman–Crippen MR) is 36.9 cm³/mol. The van der Waals surface area contributed by atoms with Crippen LogP contribution in [0.3, 0.4) is 0 Å². The first-order valence-corrected chi connectivity index (χ1v) is 3.36. The number of hydrogen-bond acceptors (Lipinski definition) is 2. The topological polar surface area (TPSA) is 26.3 Å². The van der Waals surface area contributed by atoms with Crippen molar-refractivity contribution in [2.75, 3.05) is 0 Å². The highest BCUT2D eigenvalue weighted by atomic mass is 79.9. The van der Waals surface area contributed by atoms with Gasteiger partial charge in [-0.15, -0.1) is 0 Å². The second kappa shape index (κ2) is 2.35. The van der Waals surface area contributed by atoms with Crippen LogP contribution in [0.2, 0.25) is 0 Å². The summed E-state index contributed by atoms with van der Waals surface area (Å²) in [5.41, 5.74) is 0.858. The summed E-state index contributed by atoms with van der Waals surface area (Å²) in [7, 11) is 0. The average Bonchev–Trinajstić information content (AvgIpc) is 2.10. The van der Waals surface area contributed by atoms with E-state index < -0.39 is 0 Å². The minimum absolute atomic E-state index is 0.293. The Bertz CT molecular complexity index is 203. The van der Waals surface area contributed by atoms with E-state index in [1.54, 1.807) is 4.99 Å². The third-order valence-electron chi connectivity index (χ3n) is 1.03. The molecule has 3 heteroatoms. The lowest BCUT2D eigenvalue weighted by Gasteiger charge is -1.93. The van der Waals surface area contributed by atoms with Crippen LogP contribution in [-0.2, 0) is 9.53 Å². The second-order valence-corrected chi connectivity index (χ2v) is 2.18. The molecule has 0 fully saturated rings. The van der Waals surface area contributed by atoms with Crippen LogP contribution in [0, 0.1) is 0 Å². The zero-order chi connectivity index (χ0) is 6.85. The normalized spacial score (nSPS) is 22.2. The van der Waals surface area contributed by atoms with E-state index in [1.807, 2.05) is 6.92 Å². The molecule has 0 saturated carbocycles. The van der Waals surface area contributed by atoms with Crippen molar-refractivity contribution in [1.29, 1.82) is 0 Å². The number of hydrogen-bond donors (Lipinski definition) is 0. The van der Waals surface area contributed by atoms with E-state index in [0.717, 1.165) is 5.57 Å². The van der Waals surface area contributed by atoms with Crippen molar-refractivity contribution in [3.63, 3.8) is 0 Å². The van der Waals surface area contributed by atoms with Crippen LogP contribution in [0.4, 0.5) is 0 Å². The van der Waals surface area contributed by atoms with Crippen LogP contribution in [0.1, 0.15) is 6.92 Å². The number of esters is 1. The maximum Gasteiger partial charge on any atom is 0.336 e. The van der Waals surface area contributed by atoms with Gasteiger partial charge in [-0.1, -0.05) is 15.9 Å². The van der Waals surface area contributed by atoms with E-state index in [4.69, 9.17) is 4.74 Å². The molecule has 0 amide bonds. The molecule has 1 rings (SSSR count). The van der Waals surface area contributed by atoms with Crippen LogP contribution in [0.5, 0.6) is 0 Å². The largest absolute Gasteiger partial charge is 0.423 e. The molecule has 0 aliphatic carbocycles. The number of ether oxygens (including phenoxy) is 1. The van der Waals surface area contributed by atoms with Crippen LogP contribution >= 0.6 is 15.9 Å². The summed E-state index contributed by atoms with van der Waals surface area (Å²) >= 11 is 3.06. The van der Waals surface area contributed by atoms with Gasteiger partial charge in [0.15, 0.2) is 0 Å². The summed E-state index contributed by atoms with van der Waals surface area (Å²) in [6, 6.07) is 0. The zero-order valence-corrected chi connectivity index (χ0v) is 6.44. The lowest BCUT2D eigenvalue weighted by molar-refractivity contribution is -0.132. The Morgan fingerprint density at radius 3 is 2.67 bits per heavy atom. The molecule has 0 bridgehead atoms. The average molecular weight is 189 g/mol. The summed E-state index contributed by atoms with van der Waals surface area (Å²) in [5, 5.41) is 0. The maximum atomic E-state index is 10.5. The van der Waals surface area contributed by atoms with Crippen molar-refractivity contribution >= 4 is 21.9 Å². The van der Waals surface area contributed by atoms with Gasteiger partial charge in [0.2, 0.25) is 0 Å². The van der Waals surface area contributed by atoms with Gasteiger partial charge in [0.1, 0.15) is 5.76 Å². The van der Waals surface area contributed by atoms with Gasteiger partial charge in [0.05, 0.1) is 0 Å². The summed E-state index contributed by atoms with van der Waals surface area (Å²) in [6.07, 6.45) is 1.45. The molecule has 0 aromatic rings. The molecule has 0 saturated heterocycles. The lowest BCUT2D eigenvalue weighted by Crippen LogP contribution is -1.89. The monoisotopic (exact) mass is 188 g/mol. The fourth-order valence-corrected chi connectivity index (χ4v) is 1.03. The van der Waals surface area contributed by atoms with Crippen LogP contribution in [0.25, 0.3) is 0 Å². The molecule has 0 N–H and O–H groups in total. The molecular weight excluding hydrogens is 184 g/mol. The number of rotatable bonds is 0. The van der Waals surface area contributed by atoms with Crippen LogP contribution < -0.4 is 0 Å². The fraction of sp³-hybridized carbons (Fsp3) is 0.167. The third kappa shape index (κ3) is 1.21. The number of carbonyl (C=O) groups excluding carboxylic acids is 1. The quantitative estimate of drug-likeness (QED) is 0.542. The first-order valence-electron chi connectivity index (χ1n) is 2.45. The van der Waals surface area contributed by atoms with Crippen molar-refractivity contribution in [1.82, 2.24) is 0 Å². The van der Waals surface area contributed by atoms with E-state index >= 15 is 0 Å². The van der Waals surface area contributed by atoms with Gasteiger partial charge in [0.25, 0.3) is 0 Å². The molecule has 9 heavy (non-hydrogen) atoms. The van der Waals surface area contributed by atoms with Crippen LogP contribution in [-0.4, -0.2) is 5.97 Å². The Morgan fingerprint density at radius 2 is 2.44 bits per heavy atom. The fourth-order valence-electron chi connectivity index (χ4n) is 0.575. The van der Waals surface area contributed by atoms with E-state index in [0.29, 0.717) is 5.76 Å². The zero-order valence-electron chi connectivity index (χ0n) is 4.85. The molecule has 1 aliphatic heterocycles. The molecule has 0 radical (unpaired) electrons. The van der Waals surface area contributed by atoms with Gasteiger partial charge in [-0.25, -0.2) is 4.79 Å². The highest BCUT2D eigenvalue weighted by molar-refractivity contribution is 9.11. The summed E-state index contributed by atoms with van der Waals surface area (Å²) in [4.78, 5) is 12.0. The molecule has 0 spiro atoms. The smallest absolute Gasteiger partial charge is 0.336 e. The first-order chi connectivity index (χ1) is 4.24. The Balaban J connectivity index is 2.89. The molecule has 48 valence electrons. The van der Waals surface area contributed by atoms with E-state index in [9.17, 15) is 4.79 Å². The van der Waals surface area contributed by atoms with Crippen molar-refractivity contribution < 1.29 is 9.53 Å². The Labute approximate surface area is 61.3 Å². The van der Waals surface area contributed by atoms with Gasteiger partial charge < -0.3 is 4.74 Å².